The molecular weight excluding hydrogens is 558 g/mol. The molecule has 11 nitrogen and oxygen atoms in total. The van der Waals surface area contributed by atoms with Crippen LogP contribution in [0.15, 0.2) is 35.7 Å². The van der Waals surface area contributed by atoms with E-state index in [0.29, 0.717) is 18.9 Å². The Morgan fingerprint density at radius 3 is 2.62 bits per heavy atom. The molecule has 1 aliphatic heterocycles. The smallest absolute Gasteiger partial charge is 0.280 e. The molecular formula is C30H47N5O6S. The van der Waals surface area contributed by atoms with Gasteiger partial charge in [0.05, 0.1) is 36.7 Å². The summed E-state index contributed by atoms with van der Waals surface area (Å²) in [5, 5.41) is 10.0. The number of amides is 1. The summed E-state index contributed by atoms with van der Waals surface area (Å²) in [5.74, 6) is 0.789. The van der Waals surface area contributed by atoms with E-state index in [4.69, 9.17) is 9.47 Å². The van der Waals surface area contributed by atoms with Crippen molar-refractivity contribution in [2.24, 2.45) is 18.9 Å². The molecule has 1 aliphatic carbocycles. The maximum absolute atomic E-state index is 14.2. The number of anilines is 1. The van der Waals surface area contributed by atoms with Crippen molar-refractivity contribution in [2.75, 3.05) is 44.6 Å². The molecule has 1 fully saturated rings. The maximum atomic E-state index is 14.2. The largest absolute Gasteiger partial charge is 0.490 e. The number of aliphatic hydroxyl groups excluding tert-OH is 1. The third kappa shape index (κ3) is 8.68. The topological polar surface area (TPSA) is 126 Å². The third-order valence-electron chi connectivity index (χ3n) is 8.02. The number of ether oxygens (including phenoxy) is 2. The lowest BCUT2D eigenvalue weighted by molar-refractivity contribution is -0.0172. The number of imidazole rings is 1. The number of likely N-dealkylation sites (N-methyl/N-ethyl adjacent to an activating group) is 1. The lowest BCUT2D eigenvalue weighted by Crippen LogP contribution is -2.47. The fraction of sp³-hybridized carbons (Fsp3) is 0.667. The van der Waals surface area contributed by atoms with Crippen molar-refractivity contribution >= 4 is 21.6 Å². The number of aromatic nitrogens is 2. The molecule has 0 radical (unpaired) electrons. The van der Waals surface area contributed by atoms with Crippen molar-refractivity contribution in [3.8, 4) is 5.75 Å². The highest BCUT2D eigenvalue weighted by molar-refractivity contribution is 7.92. The minimum Gasteiger partial charge on any atom is -0.490 e. The van der Waals surface area contributed by atoms with Crippen LogP contribution in [0.2, 0.25) is 0 Å². The van der Waals surface area contributed by atoms with Crippen LogP contribution < -0.4 is 9.46 Å². The summed E-state index contributed by atoms with van der Waals surface area (Å²) in [6, 6.07) is 4.26. The Labute approximate surface area is 250 Å². The van der Waals surface area contributed by atoms with Gasteiger partial charge in [-0.25, -0.2) is 4.98 Å². The van der Waals surface area contributed by atoms with E-state index in [1.54, 1.807) is 35.6 Å². The van der Waals surface area contributed by atoms with E-state index in [2.05, 4.69) is 28.6 Å². The van der Waals surface area contributed by atoms with Gasteiger partial charge in [0.25, 0.3) is 15.9 Å². The number of hydrogen-bond acceptors (Lipinski definition) is 8. The number of carbonyl (C=O) groups excluding carboxylic acids is 1. The second-order valence-electron chi connectivity index (χ2n) is 12.2. The van der Waals surface area contributed by atoms with Gasteiger partial charge in [0.2, 0.25) is 0 Å². The molecule has 4 atom stereocenters. The van der Waals surface area contributed by atoms with Crippen LogP contribution in [0.4, 0.5) is 5.69 Å². The third-order valence-corrected chi connectivity index (χ3v) is 9.28. The van der Waals surface area contributed by atoms with E-state index < -0.39 is 16.1 Å². The molecule has 2 aromatic rings. The number of carbonyl (C=O) groups is 1. The zero-order valence-electron chi connectivity index (χ0n) is 25.5. The number of nitrogens with one attached hydrogen (secondary N) is 1. The summed E-state index contributed by atoms with van der Waals surface area (Å²) >= 11 is 0. The molecule has 4 rings (SSSR count). The highest BCUT2D eigenvalue weighted by Gasteiger charge is 2.31. The van der Waals surface area contributed by atoms with E-state index >= 15 is 0 Å². The molecule has 0 saturated heterocycles. The van der Waals surface area contributed by atoms with Gasteiger partial charge in [-0.05, 0) is 77.1 Å². The second-order valence-corrected chi connectivity index (χ2v) is 13.8. The molecule has 42 heavy (non-hydrogen) atoms. The average Bonchev–Trinajstić information content (AvgIpc) is 3.64. The normalized spacial score (nSPS) is 23.6. The predicted molar refractivity (Wildman–Crippen MR) is 161 cm³/mol. The Kier molecular flexibility index (Phi) is 10.9. The molecule has 1 aromatic carbocycles. The first-order valence-electron chi connectivity index (χ1n) is 15.0. The summed E-state index contributed by atoms with van der Waals surface area (Å²) < 4.78 is 42.7. The van der Waals surface area contributed by atoms with Crippen LogP contribution in [0, 0.1) is 11.8 Å². The number of aryl methyl sites for hydroxylation is 1. The minimum atomic E-state index is -3.97. The Morgan fingerprint density at radius 2 is 1.95 bits per heavy atom. The van der Waals surface area contributed by atoms with Gasteiger partial charge in [-0.3, -0.25) is 9.52 Å². The van der Waals surface area contributed by atoms with Crippen molar-refractivity contribution in [1.82, 2.24) is 19.4 Å². The van der Waals surface area contributed by atoms with Gasteiger partial charge in [-0.2, -0.15) is 8.42 Å². The number of sulfonamides is 1. The molecule has 1 aromatic heterocycles. The van der Waals surface area contributed by atoms with Gasteiger partial charge in [-0.15, -0.1) is 0 Å². The van der Waals surface area contributed by atoms with E-state index in [1.165, 1.54) is 31.4 Å². The van der Waals surface area contributed by atoms with E-state index in [-0.39, 0.29) is 46.9 Å². The van der Waals surface area contributed by atoms with Crippen LogP contribution in [0.3, 0.4) is 0 Å². The SMILES string of the molecule is C[C@@H]1CCCCO[C@H](CN(C)CC2CC2)[C@H](C)CN([C@@H](C)CO)C(=O)c2cc(NS(=O)(=O)c3cn(C)cn3)ccc2O1. The Balaban J connectivity index is 1.65. The first-order valence-corrected chi connectivity index (χ1v) is 16.5. The van der Waals surface area contributed by atoms with E-state index in [9.17, 15) is 18.3 Å². The molecule has 1 amide bonds. The number of hydrogen-bond donors (Lipinski definition) is 2. The molecule has 2 N–H and O–H groups in total. The number of fused-ring (bicyclic) bond motifs is 1. The van der Waals surface area contributed by atoms with E-state index in [1.807, 2.05) is 6.92 Å². The fourth-order valence-corrected chi connectivity index (χ4v) is 6.34. The molecule has 1 saturated carbocycles. The van der Waals surface area contributed by atoms with Crippen LogP contribution in [-0.2, 0) is 21.8 Å². The highest BCUT2D eigenvalue weighted by Crippen LogP contribution is 2.31. The molecule has 234 valence electrons. The van der Waals surface area contributed by atoms with Crippen molar-refractivity contribution in [2.45, 2.75) is 76.2 Å². The summed E-state index contributed by atoms with van der Waals surface area (Å²) in [5.41, 5.74) is 0.452. The van der Waals surface area contributed by atoms with Gasteiger partial charge < -0.3 is 28.9 Å². The van der Waals surface area contributed by atoms with Crippen LogP contribution >= 0.6 is 0 Å². The van der Waals surface area contributed by atoms with Crippen molar-refractivity contribution in [3.05, 3.63) is 36.3 Å². The zero-order valence-corrected chi connectivity index (χ0v) is 26.3. The summed E-state index contributed by atoms with van der Waals surface area (Å²) in [7, 11) is -0.156. The fourth-order valence-electron chi connectivity index (χ4n) is 5.31. The minimum absolute atomic E-state index is 0.0123. The molecule has 2 heterocycles. The number of aliphatic hydroxyl groups is 1. The van der Waals surface area contributed by atoms with Crippen molar-refractivity contribution in [3.63, 3.8) is 0 Å². The standard InChI is InChI=1S/C30H47N5O6S/c1-21-15-35(22(2)19-36)30(37)26-14-25(32-42(38,39)29-18-34(5)20-31-29)11-12-27(26)41-23(3)8-6-7-13-40-28(21)17-33(4)16-24-9-10-24/h11-12,14,18,20-24,28,32,36H,6-10,13,15-17,19H2,1-5H3/t21-,22+,23-,28-/m1/s1. The van der Waals surface area contributed by atoms with Crippen LogP contribution in [-0.4, -0.2) is 96.9 Å². The number of nitrogens with zero attached hydrogens (tertiary/aromatic N) is 4. The van der Waals surface area contributed by atoms with Gasteiger partial charge in [0.15, 0.2) is 5.03 Å². The van der Waals surface area contributed by atoms with Crippen LogP contribution in [0.25, 0.3) is 0 Å². The van der Waals surface area contributed by atoms with Crippen LogP contribution in [0.5, 0.6) is 5.75 Å². The summed E-state index contributed by atoms with van der Waals surface area (Å²) in [6.45, 7) is 8.45. The van der Waals surface area contributed by atoms with Crippen LogP contribution in [0.1, 0.15) is 63.2 Å². The highest BCUT2D eigenvalue weighted by atomic mass is 32.2. The molecule has 0 bridgehead atoms. The molecule has 0 unspecified atom stereocenters. The summed E-state index contributed by atoms with van der Waals surface area (Å²) in [6.07, 6.45) is 7.73. The Hall–Kier alpha value is -2.67. The quantitative estimate of drug-likeness (QED) is 0.446. The zero-order chi connectivity index (χ0) is 30.4. The van der Waals surface area contributed by atoms with E-state index in [0.717, 1.165) is 38.3 Å². The lowest BCUT2D eigenvalue weighted by Gasteiger charge is -2.36. The summed E-state index contributed by atoms with van der Waals surface area (Å²) in [4.78, 5) is 22.2. The first kappa shape index (κ1) is 32.2. The number of benzene rings is 1. The Bertz CT molecular complexity index is 1300. The Morgan fingerprint density at radius 1 is 1.19 bits per heavy atom. The average molecular weight is 606 g/mol. The monoisotopic (exact) mass is 605 g/mol. The van der Waals surface area contributed by atoms with Gasteiger partial charge in [0.1, 0.15) is 5.75 Å². The maximum Gasteiger partial charge on any atom is 0.280 e. The van der Waals surface area contributed by atoms with Gasteiger partial charge in [-0.1, -0.05) is 6.92 Å². The molecule has 12 heteroatoms. The number of rotatable bonds is 9. The first-order chi connectivity index (χ1) is 20.0. The second kappa shape index (κ2) is 14.2. The molecule has 0 spiro atoms. The predicted octanol–water partition coefficient (Wildman–Crippen LogP) is 3.36. The lowest BCUT2D eigenvalue weighted by atomic mass is 10.0. The van der Waals surface area contributed by atoms with Crippen molar-refractivity contribution < 1.29 is 27.8 Å². The van der Waals surface area contributed by atoms with Gasteiger partial charge >= 0.3 is 0 Å². The van der Waals surface area contributed by atoms with Crippen molar-refractivity contribution in [1.29, 1.82) is 0 Å². The van der Waals surface area contributed by atoms with Gasteiger partial charge in [0, 0.05) is 51.1 Å². The molecule has 2 aliphatic rings.